The molecule has 2 saturated heterocycles. The van der Waals surface area contributed by atoms with E-state index in [-0.39, 0.29) is 30.4 Å². The molecule has 110 valence electrons. The molecular weight excluding hydrogens is 248 g/mol. The summed E-state index contributed by atoms with van der Waals surface area (Å²) >= 11 is 0. The summed E-state index contributed by atoms with van der Waals surface area (Å²) in [6, 6.07) is 0. The second-order valence-corrected chi connectivity index (χ2v) is 5.95. The van der Waals surface area contributed by atoms with Crippen LogP contribution in [0.15, 0.2) is 0 Å². The maximum atomic E-state index is 12.2. The summed E-state index contributed by atoms with van der Waals surface area (Å²) in [7, 11) is 1.64. The summed E-state index contributed by atoms with van der Waals surface area (Å²) in [6.07, 6.45) is 1.10. The van der Waals surface area contributed by atoms with Crippen LogP contribution in [0.3, 0.4) is 0 Å². The molecule has 0 spiro atoms. The van der Waals surface area contributed by atoms with E-state index in [1.54, 1.807) is 7.11 Å². The van der Waals surface area contributed by atoms with Crippen LogP contribution in [0.4, 0.5) is 0 Å². The van der Waals surface area contributed by atoms with Gasteiger partial charge in [0.1, 0.15) is 18.3 Å². The highest BCUT2D eigenvalue weighted by atomic mass is 16.7. The van der Waals surface area contributed by atoms with Gasteiger partial charge in [0.05, 0.1) is 18.6 Å². The van der Waals surface area contributed by atoms with Gasteiger partial charge in [-0.2, -0.15) is 0 Å². The summed E-state index contributed by atoms with van der Waals surface area (Å²) in [6.45, 7) is 6.79. The van der Waals surface area contributed by atoms with Crippen LogP contribution < -0.4 is 0 Å². The van der Waals surface area contributed by atoms with Crippen molar-refractivity contribution in [3.63, 3.8) is 0 Å². The van der Waals surface area contributed by atoms with Crippen molar-refractivity contribution in [2.24, 2.45) is 5.41 Å². The Kier molecular flexibility index (Phi) is 4.48. The van der Waals surface area contributed by atoms with E-state index in [0.29, 0.717) is 13.2 Å². The number of hydrogen-bond acceptors (Lipinski definition) is 5. The van der Waals surface area contributed by atoms with Crippen molar-refractivity contribution in [2.75, 3.05) is 20.3 Å². The van der Waals surface area contributed by atoms with Crippen molar-refractivity contribution in [1.29, 1.82) is 0 Å². The first-order valence-electron chi connectivity index (χ1n) is 6.96. The molecule has 0 aromatic carbocycles. The van der Waals surface area contributed by atoms with Gasteiger partial charge in [0.25, 0.3) is 0 Å². The minimum Gasteiger partial charge on any atom is -0.457 e. The topological polar surface area (TPSA) is 54.0 Å². The predicted molar refractivity (Wildman–Crippen MR) is 68.8 cm³/mol. The van der Waals surface area contributed by atoms with Crippen molar-refractivity contribution in [3.05, 3.63) is 0 Å². The van der Waals surface area contributed by atoms with Gasteiger partial charge in [-0.1, -0.05) is 13.3 Å². The first-order chi connectivity index (χ1) is 8.99. The van der Waals surface area contributed by atoms with Crippen LogP contribution in [0.25, 0.3) is 0 Å². The van der Waals surface area contributed by atoms with Gasteiger partial charge in [0.2, 0.25) is 0 Å². The molecule has 19 heavy (non-hydrogen) atoms. The monoisotopic (exact) mass is 272 g/mol. The normalized spacial score (nSPS) is 34.3. The zero-order chi connectivity index (χ0) is 14.0. The molecule has 2 aliphatic rings. The predicted octanol–water partition coefficient (Wildman–Crippen LogP) is 1.54. The largest absolute Gasteiger partial charge is 0.457 e. The molecule has 2 unspecified atom stereocenters. The molecular formula is C14H24O5. The minimum absolute atomic E-state index is 0.0580. The number of fused-ring (bicyclic) bond motifs is 1. The summed E-state index contributed by atoms with van der Waals surface area (Å²) in [4.78, 5) is 12.2. The van der Waals surface area contributed by atoms with Crippen molar-refractivity contribution < 1.29 is 23.7 Å². The van der Waals surface area contributed by atoms with E-state index < -0.39 is 5.41 Å². The van der Waals surface area contributed by atoms with Crippen LogP contribution in [0.5, 0.6) is 0 Å². The molecule has 2 fully saturated rings. The smallest absolute Gasteiger partial charge is 0.311 e. The van der Waals surface area contributed by atoms with Gasteiger partial charge in [-0.15, -0.1) is 0 Å². The number of carbonyl (C=O) groups excluding carboxylic acids is 1. The number of ether oxygens (including phenoxy) is 4. The van der Waals surface area contributed by atoms with Crippen molar-refractivity contribution in [1.82, 2.24) is 0 Å². The molecule has 0 amide bonds. The number of rotatable bonds is 5. The van der Waals surface area contributed by atoms with Crippen molar-refractivity contribution >= 4 is 5.97 Å². The lowest BCUT2D eigenvalue weighted by Gasteiger charge is -2.25. The molecule has 0 saturated carbocycles. The average molecular weight is 272 g/mol. The van der Waals surface area contributed by atoms with Gasteiger partial charge in [0.15, 0.2) is 6.10 Å². The zero-order valence-electron chi connectivity index (χ0n) is 12.2. The fourth-order valence-corrected chi connectivity index (χ4v) is 2.76. The van der Waals surface area contributed by atoms with Gasteiger partial charge < -0.3 is 18.9 Å². The van der Waals surface area contributed by atoms with E-state index in [1.807, 2.05) is 13.8 Å². The first-order valence-corrected chi connectivity index (χ1v) is 6.96. The highest BCUT2D eigenvalue weighted by Crippen LogP contribution is 2.32. The Morgan fingerprint density at radius 3 is 2.37 bits per heavy atom. The molecule has 0 radical (unpaired) electrons. The van der Waals surface area contributed by atoms with Crippen LogP contribution in [-0.2, 0) is 23.7 Å². The van der Waals surface area contributed by atoms with E-state index in [1.165, 1.54) is 0 Å². The Balaban J connectivity index is 1.93. The van der Waals surface area contributed by atoms with E-state index in [0.717, 1.165) is 12.8 Å². The van der Waals surface area contributed by atoms with Gasteiger partial charge in [-0.25, -0.2) is 0 Å². The van der Waals surface area contributed by atoms with Crippen LogP contribution in [0, 0.1) is 5.41 Å². The standard InChI is InChI=1S/C14H24O5/c1-5-6-14(2,3)13(15)19-10-8-18-11-9(16-4)7-17-12(10)11/h9-12H,5-8H2,1-4H3/t9?,10?,11-,12-/m1/s1. The van der Waals surface area contributed by atoms with E-state index in [4.69, 9.17) is 18.9 Å². The minimum atomic E-state index is -0.452. The summed E-state index contributed by atoms with van der Waals surface area (Å²) in [5.41, 5.74) is -0.452. The van der Waals surface area contributed by atoms with E-state index in [2.05, 4.69) is 6.92 Å². The number of hydrogen-bond donors (Lipinski definition) is 0. The first kappa shape index (κ1) is 14.8. The fourth-order valence-electron chi connectivity index (χ4n) is 2.76. The molecule has 4 atom stereocenters. The molecule has 2 aliphatic heterocycles. The third-order valence-electron chi connectivity index (χ3n) is 3.95. The van der Waals surface area contributed by atoms with Gasteiger partial charge >= 0.3 is 5.97 Å². The quantitative estimate of drug-likeness (QED) is 0.711. The summed E-state index contributed by atoms with van der Waals surface area (Å²) < 4.78 is 22.2. The Bertz CT molecular complexity index is 328. The second kappa shape index (κ2) is 5.77. The van der Waals surface area contributed by atoms with Gasteiger partial charge in [-0.3, -0.25) is 4.79 Å². The molecule has 5 nitrogen and oxygen atoms in total. The lowest BCUT2D eigenvalue weighted by molar-refractivity contribution is -0.164. The van der Waals surface area contributed by atoms with Crippen LogP contribution >= 0.6 is 0 Å². The SMILES string of the molecule is CCCC(C)(C)C(=O)OC1CO[C@@H]2C(OC)CO[C@H]12. The molecule has 0 bridgehead atoms. The maximum Gasteiger partial charge on any atom is 0.311 e. The molecule has 5 heteroatoms. The van der Waals surface area contributed by atoms with Crippen LogP contribution in [0.1, 0.15) is 33.6 Å². The molecule has 2 rings (SSSR count). The third-order valence-corrected chi connectivity index (χ3v) is 3.95. The van der Waals surface area contributed by atoms with Crippen molar-refractivity contribution in [2.45, 2.75) is 58.0 Å². The lowest BCUT2D eigenvalue weighted by Crippen LogP contribution is -2.38. The Morgan fingerprint density at radius 2 is 1.79 bits per heavy atom. The lowest BCUT2D eigenvalue weighted by atomic mass is 9.88. The van der Waals surface area contributed by atoms with Gasteiger partial charge in [-0.05, 0) is 20.3 Å². The summed E-state index contributed by atoms with van der Waals surface area (Å²) in [5.74, 6) is -0.173. The molecule has 2 heterocycles. The molecule has 0 aliphatic carbocycles. The van der Waals surface area contributed by atoms with E-state index >= 15 is 0 Å². The van der Waals surface area contributed by atoms with Crippen LogP contribution in [0.2, 0.25) is 0 Å². The fraction of sp³-hybridized carbons (Fsp3) is 0.929. The highest BCUT2D eigenvalue weighted by Gasteiger charge is 2.50. The highest BCUT2D eigenvalue weighted by molar-refractivity contribution is 5.76. The average Bonchev–Trinajstić information content (AvgIpc) is 2.91. The molecule has 0 N–H and O–H groups in total. The Labute approximate surface area is 114 Å². The zero-order valence-corrected chi connectivity index (χ0v) is 12.2. The maximum absolute atomic E-state index is 12.2. The third kappa shape index (κ3) is 2.93. The van der Waals surface area contributed by atoms with Crippen LogP contribution in [-0.4, -0.2) is 50.7 Å². The number of carbonyl (C=O) groups is 1. The summed E-state index contributed by atoms with van der Waals surface area (Å²) in [5, 5.41) is 0. The van der Waals surface area contributed by atoms with E-state index in [9.17, 15) is 4.79 Å². The van der Waals surface area contributed by atoms with Crippen molar-refractivity contribution in [3.8, 4) is 0 Å². The number of esters is 1. The van der Waals surface area contributed by atoms with Gasteiger partial charge in [0, 0.05) is 7.11 Å². The molecule has 0 aromatic rings. The molecule has 0 aromatic heterocycles. The Morgan fingerprint density at radius 1 is 1.21 bits per heavy atom. The second-order valence-electron chi connectivity index (χ2n) is 5.95. The number of methoxy groups -OCH3 is 1. The Hall–Kier alpha value is -0.650.